The summed E-state index contributed by atoms with van der Waals surface area (Å²) in [7, 11) is 1.03. The maximum Gasteiger partial charge on any atom is 0.411 e. The Morgan fingerprint density at radius 3 is 2.07 bits per heavy atom. The van der Waals surface area contributed by atoms with Crippen molar-refractivity contribution in [2.24, 2.45) is 5.41 Å². The van der Waals surface area contributed by atoms with Gasteiger partial charge in [-0.1, -0.05) is 51.1 Å². The molecule has 2 atom stereocenters. The van der Waals surface area contributed by atoms with Crippen LogP contribution >= 0.6 is 7.60 Å². The van der Waals surface area contributed by atoms with Gasteiger partial charge in [0.2, 0.25) is 0 Å². The van der Waals surface area contributed by atoms with E-state index in [0.717, 1.165) is 5.56 Å². The lowest BCUT2D eigenvalue weighted by molar-refractivity contribution is -0.00861. The first kappa shape index (κ1) is 24.9. The summed E-state index contributed by atoms with van der Waals surface area (Å²) >= 11 is 0. The van der Waals surface area contributed by atoms with Gasteiger partial charge in [0.25, 0.3) is 0 Å². The lowest BCUT2D eigenvalue weighted by Crippen LogP contribution is -2.53. The van der Waals surface area contributed by atoms with E-state index in [1.807, 2.05) is 63.1 Å². The van der Waals surface area contributed by atoms with Crippen LogP contribution in [0, 0.1) is 5.41 Å². The summed E-state index contributed by atoms with van der Waals surface area (Å²) in [5, 5.41) is -1.06. The van der Waals surface area contributed by atoms with Crippen LogP contribution in [0.25, 0.3) is 0 Å². The third-order valence-electron chi connectivity index (χ3n) is 5.47. The highest BCUT2D eigenvalue weighted by Crippen LogP contribution is 2.65. The third kappa shape index (κ3) is 4.75. The number of carbonyl (C=O) groups is 1. The molecule has 8 heteroatoms. The zero-order chi connectivity index (χ0) is 23.0. The first-order valence-electron chi connectivity index (χ1n) is 10.2. The van der Waals surface area contributed by atoms with E-state index in [-0.39, 0.29) is 18.1 Å². The van der Waals surface area contributed by atoms with E-state index < -0.39 is 24.6 Å². The van der Waals surface area contributed by atoms with Crippen LogP contribution in [0.4, 0.5) is 4.79 Å². The second kappa shape index (κ2) is 8.62. The van der Waals surface area contributed by atoms with E-state index in [9.17, 15) is 9.36 Å². The van der Waals surface area contributed by atoms with Gasteiger partial charge >= 0.3 is 13.7 Å². The van der Waals surface area contributed by atoms with Gasteiger partial charge in [0.05, 0.1) is 12.7 Å². The van der Waals surface area contributed by atoms with Crippen molar-refractivity contribution in [1.82, 2.24) is 9.80 Å². The van der Waals surface area contributed by atoms with Gasteiger partial charge in [0.15, 0.2) is 0 Å². The molecule has 0 aromatic heterocycles. The number of amides is 1. The van der Waals surface area contributed by atoms with E-state index in [4.69, 9.17) is 13.8 Å². The highest BCUT2D eigenvalue weighted by molar-refractivity contribution is 7.55. The van der Waals surface area contributed by atoms with Crippen molar-refractivity contribution in [3.8, 4) is 0 Å². The van der Waals surface area contributed by atoms with Gasteiger partial charge in [0.1, 0.15) is 10.9 Å². The second-order valence-corrected chi connectivity index (χ2v) is 12.5. The summed E-state index contributed by atoms with van der Waals surface area (Å²) in [4.78, 5) is 16.9. The highest BCUT2D eigenvalue weighted by atomic mass is 31.2. The molecule has 1 fully saturated rings. The van der Waals surface area contributed by atoms with E-state index in [0.29, 0.717) is 6.42 Å². The Morgan fingerprint density at radius 2 is 1.63 bits per heavy atom. The summed E-state index contributed by atoms with van der Waals surface area (Å²) in [5.74, 6) is 0. The molecule has 1 aromatic carbocycles. The number of ether oxygens (including phenoxy) is 1. The Kier molecular flexibility index (Phi) is 7.14. The van der Waals surface area contributed by atoms with Crippen LogP contribution in [0.2, 0.25) is 0 Å². The third-order valence-corrected chi connectivity index (χ3v) is 8.06. The molecule has 1 amide bonds. The summed E-state index contributed by atoms with van der Waals surface area (Å²) in [5.41, 5.74) is 0.00291. The van der Waals surface area contributed by atoms with Crippen LogP contribution in [0.5, 0.6) is 0 Å². The average molecular weight is 441 g/mol. The summed E-state index contributed by atoms with van der Waals surface area (Å²) in [6.45, 7) is 11.8. The molecule has 170 valence electrons. The molecule has 0 spiro atoms. The summed E-state index contributed by atoms with van der Waals surface area (Å²) in [6, 6.07) is 9.78. The summed E-state index contributed by atoms with van der Waals surface area (Å²) in [6.07, 6.45) is -0.410. The Balaban J connectivity index is 2.63. The van der Waals surface area contributed by atoms with Crippen molar-refractivity contribution in [3.05, 3.63) is 35.9 Å². The van der Waals surface area contributed by atoms with Crippen LogP contribution in [-0.2, 0) is 24.8 Å². The summed E-state index contributed by atoms with van der Waals surface area (Å²) < 4.78 is 30.7. The lowest BCUT2D eigenvalue weighted by Gasteiger charge is -2.43. The maximum absolute atomic E-state index is 14.0. The molecule has 1 saturated heterocycles. The Labute approximate surface area is 181 Å². The lowest BCUT2D eigenvalue weighted by atomic mass is 9.91. The fourth-order valence-electron chi connectivity index (χ4n) is 4.34. The van der Waals surface area contributed by atoms with Crippen molar-refractivity contribution in [1.29, 1.82) is 0 Å². The smallest absolute Gasteiger partial charge is 0.411 e. The molecule has 0 saturated carbocycles. The molecule has 1 aliphatic rings. The van der Waals surface area contributed by atoms with Crippen LogP contribution < -0.4 is 0 Å². The largest absolute Gasteiger partial charge is 0.444 e. The molecule has 7 nitrogen and oxygen atoms in total. The topological polar surface area (TPSA) is 68.3 Å². The monoisotopic (exact) mass is 440 g/mol. The minimum Gasteiger partial charge on any atom is -0.444 e. The van der Waals surface area contributed by atoms with Crippen molar-refractivity contribution in [2.75, 3.05) is 27.8 Å². The van der Waals surface area contributed by atoms with Gasteiger partial charge in [-0.25, -0.2) is 4.79 Å². The molecule has 1 heterocycles. The van der Waals surface area contributed by atoms with Crippen molar-refractivity contribution >= 4 is 13.7 Å². The van der Waals surface area contributed by atoms with Crippen LogP contribution in [0.1, 0.15) is 47.1 Å². The number of nitrogens with zero attached hydrogens (tertiary/aromatic N) is 2. The zero-order valence-corrected chi connectivity index (χ0v) is 20.7. The van der Waals surface area contributed by atoms with Crippen LogP contribution in [-0.4, -0.2) is 60.8 Å². The molecule has 2 rings (SSSR count). The number of hydrogen-bond acceptors (Lipinski definition) is 6. The molecule has 0 bridgehead atoms. The van der Waals surface area contributed by atoms with Crippen LogP contribution in [0.3, 0.4) is 0 Å². The average Bonchev–Trinajstić information content (AvgIpc) is 2.94. The number of hydrogen-bond donors (Lipinski definition) is 0. The molecular weight excluding hydrogens is 403 g/mol. The maximum atomic E-state index is 14.0. The van der Waals surface area contributed by atoms with Crippen molar-refractivity contribution in [2.45, 2.75) is 65.0 Å². The van der Waals surface area contributed by atoms with E-state index in [1.54, 1.807) is 4.90 Å². The van der Waals surface area contributed by atoms with E-state index >= 15 is 0 Å². The molecular formula is C22H37N2O5P. The Bertz CT molecular complexity index is 779. The molecule has 0 unspecified atom stereocenters. The standard InChI is InChI=1S/C22H37N2O5P/c1-20(2,3)18-23(7)22(30(26,27-8)28-9,15-17-13-11-10-12-14-17)16-24(18)19(25)29-21(4,5)6/h10-14,18H,15-16H2,1-9H3/t18-,22+/m0/s1. The molecule has 0 aliphatic carbocycles. The SMILES string of the molecule is COP(=O)(OC)[C@]1(Cc2ccccc2)CN(C(=O)OC(C)(C)C)[C@@H](C(C)(C)C)N1C. The zero-order valence-electron chi connectivity index (χ0n) is 19.8. The first-order valence-corrected chi connectivity index (χ1v) is 11.7. The Hall–Kier alpha value is -1.40. The van der Waals surface area contributed by atoms with Gasteiger partial charge in [0, 0.05) is 20.6 Å². The first-order chi connectivity index (χ1) is 13.7. The van der Waals surface area contributed by atoms with Gasteiger partial charge in [-0.3, -0.25) is 14.4 Å². The van der Waals surface area contributed by atoms with Crippen molar-refractivity contribution < 1.29 is 23.1 Å². The van der Waals surface area contributed by atoms with Crippen LogP contribution in [0.15, 0.2) is 30.3 Å². The fraction of sp³-hybridized carbons (Fsp3) is 0.682. The normalized spacial score (nSPS) is 23.6. The van der Waals surface area contributed by atoms with E-state index in [1.165, 1.54) is 14.2 Å². The van der Waals surface area contributed by atoms with Gasteiger partial charge in [-0.05, 0) is 38.8 Å². The number of likely N-dealkylation sites (N-methyl/N-ethyl adjacent to an activating group) is 1. The quantitative estimate of drug-likeness (QED) is 0.603. The predicted molar refractivity (Wildman–Crippen MR) is 118 cm³/mol. The fourth-order valence-corrected chi connectivity index (χ4v) is 6.36. The number of carbonyl (C=O) groups excluding carboxylic acids is 1. The molecule has 0 radical (unpaired) electrons. The van der Waals surface area contributed by atoms with Gasteiger partial charge < -0.3 is 13.8 Å². The predicted octanol–water partition coefficient (Wildman–Crippen LogP) is 4.97. The second-order valence-electron chi connectivity index (χ2n) is 9.97. The van der Waals surface area contributed by atoms with Gasteiger partial charge in [-0.15, -0.1) is 0 Å². The number of benzene rings is 1. The Morgan fingerprint density at radius 1 is 1.10 bits per heavy atom. The minimum atomic E-state index is -3.64. The number of rotatable bonds is 5. The molecule has 30 heavy (non-hydrogen) atoms. The molecule has 1 aromatic rings. The van der Waals surface area contributed by atoms with Crippen molar-refractivity contribution in [3.63, 3.8) is 0 Å². The molecule has 1 aliphatic heterocycles. The highest BCUT2D eigenvalue weighted by Gasteiger charge is 2.64. The molecule has 0 N–H and O–H groups in total. The van der Waals surface area contributed by atoms with Gasteiger partial charge in [-0.2, -0.15) is 0 Å². The minimum absolute atomic E-state index is 0.161. The van der Waals surface area contributed by atoms with E-state index in [2.05, 4.69) is 20.8 Å².